The number of nitrogens with one attached hydrogen (secondary N) is 1. The maximum absolute atomic E-state index is 12.5. The molecule has 7 heteroatoms. The highest BCUT2D eigenvalue weighted by Crippen LogP contribution is 2.20. The molecule has 0 saturated heterocycles. The molecule has 0 unspecified atom stereocenters. The van der Waals surface area contributed by atoms with Gasteiger partial charge in [-0.3, -0.25) is 9.59 Å². The van der Waals surface area contributed by atoms with Crippen LogP contribution in [0.4, 0.5) is 17.2 Å². The molecule has 0 atom stereocenters. The van der Waals surface area contributed by atoms with Gasteiger partial charge in [0.05, 0.1) is 17.6 Å². The lowest BCUT2D eigenvalue weighted by atomic mass is 10.1. The molecule has 0 bridgehead atoms. The van der Waals surface area contributed by atoms with Gasteiger partial charge in [0.2, 0.25) is 5.91 Å². The minimum atomic E-state index is -0.326. The average Bonchev–Trinajstić information content (AvgIpc) is 2.63. The van der Waals surface area contributed by atoms with E-state index in [4.69, 9.17) is 0 Å². The van der Waals surface area contributed by atoms with Crippen molar-refractivity contribution in [2.24, 2.45) is 5.10 Å². The summed E-state index contributed by atoms with van der Waals surface area (Å²) in [5.41, 5.74) is 1.55. The van der Waals surface area contributed by atoms with Gasteiger partial charge in [0, 0.05) is 26.9 Å². The molecule has 1 aromatic carbocycles. The standard InChI is InChI=1S/C18H19N5O2/c1-22(2)16-10-8-13(12-19-16)20-18(25)15-9-11-17(24)23(21-15)14-6-4-3-5-7-14/h3-8,10,12H,9,11H2,1-2H3,(H,20,25). The monoisotopic (exact) mass is 337 g/mol. The van der Waals surface area contributed by atoms with E-state index in [0.717, 1.165) is 5.82 Å². The second kappa shape index (κ2) is 7.12. The lowest BCUT2D eigenvalue weighted by Gasteiger charge is -2.23. The molecule has 1 aliphatic heterocycles. The molecular formula is C18H19N5O2. The predicted octanol–water partition coefficient (Wildman–Crippen LogP) is 2.27. The van der Waals surface area contributed by atoms with Gasteiger partial charge in [-0.25, -0.2) is 9.99 Å². The van der Waals surface area contributed by atoms with Gasteiger partial charge in [-0.15, -0.1) is 0 Å². The maximum atomic E-state index is 12.5. The number of carbonyl (C=O) groups excluding carboxylic acids is 2. The highest BCUT2D eigenvalue weighted by molar-refractivity contribution is 6.44. The van der Waals surface area contributed by atoms with Crippen molar-refractivity contribution < 1.29 is 9.59 Å². The summed E-state index contributed by atoms with van der Waals surface area (Å²) in [7, 11) is 3.79. The molecule has 7 nitrogen and oxygen atoms in total. The second-order valence-corrected chi connectivity index (χ2v) is 5.84. The number of para-hydroxylation sites is 1. The zero-order chi connectivity index (χ0) is 17.8. The number of hydrogen-bond donors (Lipinski definition) is 1. The number of benzene rings is 1. The zero-order valence-electron chi connectivity index (χ0n) is 14.1. The molecule has 0 fully saturated rings. The molecule has 3 rings (SSSR count). The number of aromatic nitrogens is 1. The van der Waals surface area contributed by atoms with E-state index in [1.54, 1.807) is 24.4 Å². The van der Waals surface area contributed by atoms with Crippen LogP contribution >= 0.6 is 0 Å². The second-order valence-electron chi connectivity index (χ2n) is 5.84. The van der Waals surface area contributed by atoms with E-state index in [2.05, 4.69) is 15.4 Å². The lowest BCUT2D eigenvalue weighted by molar-refractivity contribution is -0.118. The Labute approximate surface area is 146 Å². The summed E-state index contributed by atoms with van der Waals surface area (Å²) in [6.07, 6.45) is 2.16. The SMILES string of the molecule is CN(C)c1ccc(NC(=O)C2=NN(c3ccccc3)C(=O)CC2)cn1. The number of hydrogen-bond acceptors (Lipinski definition) is 5. The number of pyridine rings is 1. The van der Waals surface area contributed by atoms with Gasteiger partial charge in [-0.05, 0) is 24.3 Å². The highest BCUT2D eigenvalue weighted by atomic mass is 16.2. The van der Waals surface area contributed by atoms with Crippen LogP contribution in [0.3, 0.4) is 0 Å². The van der Waals surface area contributed by atoms with Gasteiger partial charge in [-0.2, -0.15) is 5.10 Å². The Kier molecular flexibility index (Phi) is 4.74. The van der Waals surface area contributed by atoms with E-state index in [9.17, 15) is 9.59 Å². The number of anilines is 3. The minimum Gasteiger partial charge on any atom is -0.363 e. The van der Waals surface area contributed by atoms with E-state index >= 15 is 0 Å². The van der Waals surface area contributed by atoms with Gasteiger partial charge >= 0.3 is 0 Å². The van der Waals surface area contributed by atoms with E-state index in [1.165, 1.54) is 5.01 Å². The van der Waals surface area contributed by atoms with Crippen LogP contribution in [0.25, 0.3) is 0 Å². The Morgan fingerprint density at radius 1 is 1.12 bits per heavy atom. The number of hydrazone groups is 1. The molecule has 1 aliphatic rings. The van der Waals surface area contributed by atoms with Crippen molar-refractivity contribution >= 4 is 34.7 Å². The third kappa shape index (κ3) is 3.82. The molecule has 1 aromatic heterocycles. The van der Waals surface area contributed by atoms with E-state index in [-0.39, 0.29) is 18.2 Å². The van der Waals surface area contributed by atoms with Crippen LogP contribution in [0.15, 0.2) is 53.8 Å². The zero-order valence-corrected chi connectivity index (χ0v) is 14.1. The Morgan fingerprint density at radius 2 is 1.88 bits per heavy atom. The summed E-state index contributed by atoms with van der Waals surface area (Å²) in [5, 5.41) is 8.29. The normalized spacial score (nSPS) is 14.1. The fourth-order valence-corrected chi connectivity index (χ4v) is 2.42. The molecular weight excluding hydrogens is 318 g/mol. The van der Waals surface area contributed by atoms with Crippen molar-refractivity contribution in [1.29, 1.82) is 0 Å². The van der Waals surface area contributed by atoms with E-state index in [0.29, 0.717) is 23.5 Å². The lowest BCUT2D eigenvalue weighted by Crippen LogP contribution is -2.36. The number of nitrogens with zero attached hydrogens (tertiary/aromatic N) is 4. The first-order valence-electron chi connectivity index (χ1n) is 7.95. The van der Waals surface area contributed by atoms with Crippen molar-refractivity contribution in [2.75, 3.05) is 29.3 Å². The van der Waals surface area contributed by atoms with Gasteiger partial charge in [-0.1, -0.05) is 18.2 Å². The maximum Gasteiger partial charge on any atom is 0.271 e. The summed E-state index contributed by atoms with van der Waals surface area (Å²) in [5.74, 6) is 0.349. The summed E-state index contributed by atoms with van der Waals surface area (Å²) in [6.45, 7) is 0. The molecule has 0 aliphatic carbocycles. The molecule has 2 amide bonds. The quantitative estimate of drug-likeness (QED) is 0.928. The van der Waals surface area contributed by atoms with Crippen molar-refractivity contribution in [3.05, 3.63) is 48.7 Å². The summed E-state index contributed by atoms with van der Waals surface area (Å²) in [6, 6.07) is 12.7. The molecule has 0 saturated carbocycles. The molecule has 0 spiro atoms. The van der Waals surface area contributed by atoms with Crippen molar-refractivity contribution in [3.63, 3.8) is 0 Å². The summed E-state index contributed by atoms with van der Waals surface area (Å²) < 4.78 is 0. The Balaban J connectivity index is 1.76. The first-order chi connectivity index (χ1) is 12.0. The summed E-state index contributed by atoms with van der Waals surface area (Å²) in [4.78, 5) is 30.7. The third-order valence-corrected chi connectivity index (χ3v) is 3.76. The van der Waals surface area contributed by atoms with Gasteiger partial charge in [0.1, 0.15) is 11.5 Å². The molecule has 1 N–H and O–H groups in total. The Morgan fingerprint density at radius 3 is 2.52 bits per heavy atom. The number of amides is 2. The first-order valence-corrected chi connectivity index (χ1v) is 7.95. The molecule has 25 heavy (non-hydrogen) atoms. The average molecular weight is 337 g/mol. The Bertz CT molecular complexity index is 800. The van der Waals surface area contributed by atoms with Crippen LogP contribution in [0.2, 0.25) is 0 Å². The summed E-state index contributed by atoms with van der Waals surface area (Å²) >= 11 is 0. The van der Waals surface area contributed by atoms with E-state index in [1.807, 2.05) is 43.3 Å². The van der Waals surface area contributed by atoms with Crippen LogP contribution in [0.1, 0.15) is 12.8 Å². The van der Waals surface area contributed by atoms with Gasteiger partial charge in [0.15, 0.2) is 0 Å². The van der Waals surface area contributed by atoms with Crippen molar-refractivity contribution in [2.45, 2.75) is 12.8 Å². The molecule has 2 heterocycles. The fraction of sp³-hybridized carbons (Fsp3) is 0.222. The van der Waals surface area contributed by atoms with E-state index < -0.39 is 0 Å². The topological polar surface area (TPSA) is 77.9 Å². The van der Waals surface area contributed by atoms with Crippen LogP contribution in [0, 0.1) is 0 Å². The number of carbonyl (C=O) groups is 2. The number of rotatable bonds is 4. The third-order valence-electron chi connectivity index (χ3n) is 3.76. The van der Waals surface area contributed by atoms with Crippen LogP contribution in [-0.4, -0.2) is 36.6 Å². The van der Waals surface area contributed by atoms with Crippen LogP contribution < -0.4 is 15.2 Å². The van der Waals surface area contributed by atoms with Gasteiger partial charge in [0.25, 0.3) is 5.91 Å². The fourth-order valence-electron chi connectivity index (χ4n) is 2.42. The largest absolute Gasteiger partial charge is 0.363 e. The predicted molar refractivity (Wildman–Crippen MR) is 97.8 cm³/mol. The van der Waals surface area contributed by atoms with Crippen LogP contribution in [0.5, 0.6) is 0 Å². The molecule has 2 aromatic rings. The smallest absolute Gasteiger partial charge is 0.271 e. The molecule has 0 radical (unpaired) electrons. The van der Waals surface area contributed by atoms with Crippen LogP contribution in [-0.2, 0) is 9.59 Å². The van der Waals surface area contributed by atoms with Gasteiger partial charge < -0.3 is 10.2 Å². The highest BCUT2D eigenvalue weighted by Gasteiger charge is 2.25. The van der Waals surface area contributed by atoms with Crippen molar-refractivity contribution in [3.8, 4) is 0 Å². The first kappa shape index (κ1) is 16.6. The molecule has 128 valence electrons. The Hall–Kier alpha value is -3.22. The minimum absolute atomic E-state index is 0.125. The van der Waals surface area contributed by atoms with Crippen molar-refractivity contribution in [1.82, 2.24) is 4.98 Å².